The Hall–Kier alpha value is -1.65. The maximum absolute atomic E-state index is 5.68. The highest BCUT2D eigenvalue weighted by molar-refractivity contribution is 5.14. The molecule has 96 valence electrons. The molecule has 1 aromatic heterocycles. The van der Waals surface area contributed by atoms with E-state index in [1.165, 1.54) is 5.56 Å². The van der Waals surface area contributed by atoms with Gasteiger partial charge in [0.25, 0.3) is 0 Å². The Kier molecular flexibility index (Phi) is 4.50. The normalized spacial score (nSPS) is 11.1. The number of aromatic nitrogens is 2. The molecule has 4 heteroatoms. The Balaban J connectivity index is 2.02. The lowest BCUT2D eigenvalue weighted by atomic mass is 10.2. The first-order valence-electron chi connectivity index (χ1n) is 6.22. The number of benzene rings is 1. The minimum atomic E-state index is 0.664. The third-order valence-corrected chi connectivity index (χ3v) is 2.98. The highest BCUT2D eigenvalue weighted by Gasteiger charge is 2.08. The van der Waals surface area contributed by atoms with Crippen molar-refractivity contribution in [2.45, 2.75) is 13.1 Å². The molecular weight excluding hydrogens is 224 g/mol. The molecule has 2 aromatic rings. The van der Waals surface area contributed by atoms with Crippen molar-refractivity contribution in [3.05, 3.63) is 54.1 Å². The van der Waals surface area contributed by atoms with Gasteiger partial charge in [0.15, 0.2) is 0 Å². The summed E-state index contributed by atoms with van der Waals surface area (Å²) < 4.78 is 2.05. The topological polar surface area (TPSA) is 47.1 Å². The van der Waals surface area contributed by atoms with Gasteiger partial charge in [-0.25, -0.2) is 4.98 Å². The zero-order valence-electron chi connectivity index (χ0n) is 10.8. The van der Waals surface area contributed by atoms with Crippen LogP contribution < -0.4 is 5.73 Å². The van der Waals surface area contributed by atoms with Gasteiger partial charge >= 0.3 is 0 Å². The van der Waals surface area contributed by atoms with Crippen LogP contribution in [0.5, 0.6) is 0 Å². The molecule has 0 fully saturated rings. The molecular formula is C14H20N4. The molecule has 1 aromatic carbocycles. The summed E-state index contributed by atoms with van der Waals surface area (Å²) in [5.41, 5.74) is 6.99. The van der Waals surface area contributed by atoms with E-state index in [-0.39, 0.29) is 0 Å². The minimum Gasteiger partial charge on any atom is -0.337 e. The smallest absolute Gasteiger partial charge is 0.122 e. The van der Waals surface area contributed by atoms with E-state index >= 15 is 0 Å². The molecule has 0 atom stereocenters. The average molecular weight is 244 g/mol. The largest absolute Gasteiger partial charge is 0.337 e. The molecule has 0 radical (unpaired) electrons. The molecule has 0 saturated heterocycles. The average Bonchev–Trinajstić information content (AvgIpc) is 2.77. The van der Waals surface area contributed by atoms with Crippen LogP contribution in [0.4, 0.5) is 0 Å². The molecule has 0 aliphatic rings. The van der Waals surface area contributed by atoms with E-state index in [1.807, 2.05) is 25.5 Å². The lowest BCUT2D eigenvalue weighted by Crippen LogP contribution is -2.29. The SMILES string of the molecule is Cn1ccnc1CN(CCN)Cc1ccccc1. The van der Waals surface area contributed by atoms with E-state index in [0.717, 1.165) is 25.5 Å². The molecule has 18 heavy (non-hydrogen) atoms. The van der Waals surface area contributed by atoms with Crippen molar-refractivity contribution >= 4 is 0 Å². The second-order valence-electron chi connectivity index (χ2n) is 4.44. The third-order valence-electron chi connectivity index (χ3n) is 2.98. The van der Waals surface area contributed by atoms with Crippen molar-refractivity contribution in [1.29, 1.82) is 0 Å². The maximum atomic E-state index is 5.68. The number of imidazole rings is 1. The highest BCUT2D eigenvalue weighted by Crippen LogP contribution is 2.07. The fourth-order valence-corrected chi connectivity index (χ4v) is 1.99. The van der Waals surface area contributed by atoms with E-state index < -0.39 is 0 Å². The third kappa shape index (κ3) is 3.42. The van der Waals surface area contributed by atoms with Gasteiger partial charge in [0.1, 0.15) is 5.82 Å². The minimum absolute atomic E-state index is 0.664. The van der Waals surface area contributed by atoms with Gasteiger partial charge in [-0.3, -0.25) is 4.90 Å². The number of aryl methyl sites for hydroxylation is 1. The van der Waals surface area contributed by atoms with E-state index in [0.29, 0.717) is 6.54 Å². The van der Waals surface area contributed by atoms with Crippen LogP contribution in [0.1, 0.15) is 11.4 Å². The molecule has 1 heterocycles. The van der Waals surface area contributed by atoms with Gasteiger partial charge in [-0.05, 0) is 5.56 Å². The van der Waals surface area contributed by atoms with Crippen LogP contribution in [-0.4, -0.2) is 27.5 Å². The summed E-state index contributed by atoms with van der Waals surface area (Å²) in [6.45, 7) is 3.28. The summed E-state index contributed by atoms with van der Waals surface area (Å²) >= 11 is 0. The Bertz CT molecular complexity index is 464. The number of hydrogen-bond acceptors (Lipinski definition) is 3. The number of rotatable bonds is 6. The lowest BCUT2D eigenvalue weighted by molar-refractivity contribution is 0.255. The number of nitrogens with zero attached hydrogens (tertiary/aromatic N) is 3. The van der Waals surface area contributed by atoms with Crippen molar-refractivity contribution in [3.8, 4) is 0 Å². The molecule has 0 amide bonds. The standard InChI is InChI=1S/C14H20N4/c1-17-10-8-16-14(17)12-18(9-7-15)11-13-5-3-2-4-6-13/h2-6,8,10H,7,9,11-12,15H2,1H3. The van der Waals surface area contributed by atoms with Crippen LogP contribution >= 0.6 is 0 Å². The van der Waals surface area contributed by atoms with Crippen molar-refractivity contribution in [2.24, 2.45) is 12.8 Å². The summed E-state index contributed by atoms with van der Waals surface area (Å²) in [4.78, 5) is 6.68. The molecule has 0 aliphatic heterocycles. The zero-order valence-corrected chi connectivity index (χ0v) is 10.8. The van der Waals surface area contributed by atoms with E-state index in [4.69, 9.17) is 5.73 Å². The molecule has 0 spiro atoms. The molecule has 2 N–H and O–H groups in total. The van der Waals surface area contributed by atoms with E-state index in [2.05, 4.69) is 38.7 Å². The Morgan fingerprint density at radius 1 is 1.22 bits per heavy atom. The van der Waals surface area contributed by atoms with Crippen LogP contribution in [0.2, 0.25) is 0 Å². The molecule has 2 rings (SSSR count). The Labute approximate surface area is 108 Å². The molecule has 0 aliphatic carbocycles. The highest BCUT2D eigenvalue weighted by atomic mass is 15.2. The van der Waals surface area contributed by atoms with E-state index in [1.54, 1.807) is 0 Å². The van der Waals surface area contributed by atoms with Gasteiger partial charge < -0.3 is 10.3 Å². The summed E-state index contributed by atoms with van der Waals surface area (Å²) in [7, 11) is 2.02. The maximum Gasteiger partial charge on any atom is 0.122 e. The fraction of sp³-hybridized carbons (Fsp3) is 0.357. The summed E-state index contributed by atoms with van der Waals surface area (Å²) in [6, 6.07) is 10.5. The fourth-order valence-electron chi connectivity index (χ4n) is 1.99. The second-order valence-corrected chi connectivity index (χ2v) is 4.44. The van der Waals surface area contributed by atoms with Crippen molar-refractivity contribution < 1.29 is 0 Å². The molecule has 4 nitrogen and oxygen atoms in total. The van der Waals surface area contributed by atoms with Crippen molar-refractivity contribution in [1.82, 2.24) is 14.5 Å². The van der Waals surface area contributed by atoms with Crippen LogP contribution in [0.25, 0.3) is 0 Å². The van der Waals surface area contributed by atoms with Crippen molar-refractivity contribution in [3.63, 3.8) is 0 Å². The number of nitrogens with two attached hydrogens (primary N) is 1. The monoisotopic (exact) mass is 244 g/mol. The zero-order chi connectivity index (χ0) is 12.8. The Morgan fingerprint density at radius 3 is 2.61 bits per heavy atom. The lowest BCUT2D eigenvalue weighted by Gasteiger charge is -2.21. The van der Waals surface area contributed by atoms with Gasteiger partial charge in [-0.15, -0.1) is 0 Å². The predicted octanol–water partition coefficient (Wildman–Crippen LogP) is 1.38. The van der Waals surface area contributed by atoms with Gasteiger partial charge in [-0.2, -0.15) is 0 Å². The summed E-state index contributed by atoms with van der Waals surface area (Å²) in [5, 5.41) is 0. The van der Waals surface area contributed by atoms with Crippen LogP contribution in [0.3, 0.4) is 0 Å². The number of hydrogen-bond donors (Lipinski definition) is 1. The van der Waals surface area contributed by atoms with Crippen molar-refractivity contribution in [2.75, 3.05) is 13.1 Å². The molecule has 0 unspecified atom stereocenters. The van der Waals surface area contributed by atoms with Gasteiger partial charge in [0.2, 0.25) is 0 Å². The first-order chi connectivity index (χ1) is 8.79. The van der Waals surface area contributed by atoms with Crippen LogP contribution in [0, 0.1) is 0 Å². The Morgan fingerprint density at radius 2 is 2.00 bits per heavy atom. The summed E-state index contributed by atoms with van der Waals surface area (Å²) in [6.07, 6.45) is 3.80. The first-order valence-corrected chi connectivity index (χ1v) is 6.22. The molecule has 0 bridgehead atoms. The van der Waals surface area contributed by atoms with E-state index in [9.17, 15) is 0 Å². The quantitative estimate of drug-likeness (QED) is 0.835. The molecule has 0 saturated carbocycles. The van der Waals surface area contributed by atoms with Crippen LogP contribution in [0.15, 0.2) is 42.7 Å². The van der Waals surface area contributed by atoms with Crippen LogP contribution in [-0.2, 0) is 20.1 Å². The van der Waals surface area contributed by atoms with Gasteiger partial charge in [0.05, 0.1) is 6.54 Å². The second kappa shape index (κ2) is 6.33. The van der Waals surface area contributed by atoms with Gasteiger partial charge in [0, 0.05) is 39.1 Å². The first kappa shape index (κ1) is 12.8. The summed E-state index contributed by atoms with van der Waals surface area (Å²) in [5.74, 6) is 1.07. The van der Waals surface area contributed by atoms with Gasteiger partial charge in [-0.1, -0.05) is 30.3 Å². The predicted molar refractivity (Wildman–Crippen MR) is 72.8 cm³/mol.